The van der Waals surface area contributed by atoms with Crippen molar-refractivity contribution in [3.63, 3.8) is 0 Å². The molecule has 0 saturated carbocycles. The summed E-state index contributed by atoms with van der Waals surface area (Å²) in [5, 5.41) is 17.1. The molecular weight excluding hydrogens is 256 g/mol. The molecule has 0 unspecified atom stereocenters. The average molecular weight is 263 g/mol. The third kappa shape index (κ3) is 3.46. The highest BCUT2D eigenvalue weighted by Crippen LogP contribution is 2.17. The van der Waals surface area contributed by atoms with Crippen LogP contribution in [0.25, 0.3) is 6.08 Å². The summed E-state index contributed by atoms with van der Waals surface area (Å²) in [6, 6.07) is 7.15. The van der Waals surface area contributed by atoms with Crippen molar-refractivity contribution in [2.24, 2.45) is 0 Å². The van der Waals surface area contributed by atoms with E-state index in [0.29, 0.717) is 10.4 Å². The van der Waals surface area contributed by atoms with Crippen molar-refractivity contribution in [1.29, 1.82) is 10.5 Å². The predicted octanol–water partition coefficient (Wildman–Crippen LogP) is 3.42. The Bertz CT molecular complexity index is 481. The van der Waals surface area contributed by atoms with Gasteiger partial charge in [-0.15, -0.1) is 0 Å². The van der Waals surface area contributed by atoms with Crippen LogP contribution in [-0.4, -0.2) is 0 Å². The molecule has 4 heteroatoms. The Balaban J connectivity index is 2.92. The van der Waals surface area contributed by atoms with Crippen LogP contribution < -0.4 is 0 Å². The van der Waals surface area contributed by atoms with Gasteiger partial charge in [0.15, 0.2) is 4.67 Å². The van der Waals surface area contributed by atoms with E-state index in [9.17, 15) is 0 Å². The number of nitriles is 2. The van der Waals surface area contributed by atoms with Crippen molar-refractivity contribution < 1.29 is 4.42 Å². The second-order valence-electron chi connectivity index (χ2n) is 2.81. The molecule has 0 bridgehead atoms. The van der Waals surface area contributed by atoms with Crippen molar-refractivity contribution in [3.8, 4) is 12.1 Å². The molecule has 0 amide bonds. The monoisotopic (exact) mass is 262 g/mol. The maximum atomic E-state index is 8.55. The summed E-state index contributed by atoms with van der Waals surface area (Å²) in [6.45, 7) is 1.80. The highest BCUT2D eigenvalue weighted by atomic mass is 79.9. The van der Waals surface area contributed by atoms with E-state index in [1.54, 1.807) is 37.3 Å². The minimum absolute atomic E-state index is 0.0781. The first-order valence-electron chi connectivity index (χ1n) is 4.11. The third-order valence-electron chi connectivity index (χ3n) is 1.58. The Morgan fingerprint density at radius 2 is 2.07 bits per heavy atom. The van der Waals surface area contributed by atoms with E-state index in [0.717, 1.165) is 5.57 Å². The van der Waals surface area contributed by atoms with E-state index < -0.39 is 0 Å². The maximum Gasteiger partial charge on any atom is 0.169 e. The van der Waals surface area contributed by atoms with Crippen LogP contribution in [0.3, 0.4) is 0 Å². The zero-order chi connectivity index (χ0) is 11.3. The molecule has 1 aromatic heterocycles. The van der Waals surface area contributed by atoms with Gasteiger partial charge in [0.05, 0.1) is 0 Å². The molecule has 0 radical (unpaired) electrons. The molecule has 3 nitrogen and oxygen atoms in total. The van der Waals surface area contributed by atoms with Crippen LogP contribution in [0, 0.1) is 22.7 Å². The Morgan fingerprint density at radius 3 is 2.53 bits per heavy atom. The third-order valence-corrected chi connectivity index (χ3v) is 2.00. The number of furan rings is 1. The molecule has 0 aliphatic carbocycles. The van der Waals surface area contributed by atoms with E-state index in [1.807, 2.05) is 0 Å². The number of allylic oxidation sites excluding steroid dienone is 3. The van der Waals surface area contributed by atoms with Crippen LogP contribution in [0.15, 0.2) is 38.4 Å². The van der Waals surface area contributed by atoms with Crippen LogP contribution in [0.5, 0.6) is 0 Å². The highest BCUT2D eigenvalue weighted by molar-refractivity contribution is 9.10. The summed E-state index contributed by atoms with van der Waals surface area (Å²) in [5.74, 6) is 0.672. The average Bonchev–Trinajstić information content (AvgIpc) is 2.60. The lowest BCUT2D eigenvalue weighted by Gasteiger charge is -1.90. The summed E-state index contributed by atoms with van der Waals surface area (Å²) in [6.07, 6.45) is 3.26. The number of halogens is 1. The molecule has 0 aliphatic heterocycles. The number of rotatable bonds is 2. The Labute approximate surface area is 96.1 Å². The Hall–Kier alpha value is -1.78. The molecule has 0 aromatic carbocycles. The minimum Gasteiger partial charge on any atom is -0.450 e. The van der Waals surface area contributed by atoms with Gasteiger partial charge in [-0.3, -0.25) is 0 Å². The first-order valence-corrected chi connectivity index (χ1v) is 4.90. The van der Waals surface area contributed by atoms with Crippen LogP contribution >= 0.6 is 15.9 Å². The molecule has 0 fully saturated rings. The van der Waals surface area contributed by atoms with Crippen molar-refractivity contribution in [3.05, 3.63) is 39.8 Å². The fourth-order valence-electron chi connectivity index (χ4n) is 0.989. The molecule has 1 rings (SSSR count). The SMILES string of the molecule is C/C(C=C(C#N)C#N)=C\c1ccc(Br)o1. The standard InChI is InChI=1S/C11H7BrN2O/c1-8(4-9(6-13)7-14)5-10-2-3-11(12)15-10/h2-5H,1H3/b8-5+. The first kappa shape index (κ1) is 11.3. The number of hydrogen-bond donors (Lipinski definition) is 0. The summed E-state index contributed by atoms with van der Waals surface area (Å²) in [4.78, 5) is 0. The zero-order valence-electron chi connectivity index (χ0n) is 7.99. The Morgan fingerprint density at radius 1 is 1.40 bits per heavy atom. The normalized spacial score (nSPS) is 10.3. The molecule has 15 heavy (non-hydrogen) atoms. The summed E-state index contributed by atoms with van der Waals surface area (Å²) >= 11 is 3.18. The zero-order valence-corrected chi connectivity index (χ0v) is 9.58. The van der Waals surface area contributed by atoms with Crippen molar-refractivity contribution >= 4 is 22.0 Å². The van der Waals surface area contributed by atoms with Crippen molar-refractivity contribution in [2.75, 3.05) is 0 Å². The van der Waals surface area contributed by atoms with Crippen molar-refractivity contribution in [1.82, 2.24) is 0 Å². The lowest BCUT2D eigenvalue weighted by molar-refractivity contribution is 0.531. The van der Waals surface area contributed by atoms with Gasteiger partial charge in [-0.25, -0.2) is 0 Å². The molecule has 74 valence electrons. The molecular formula is C11H7BrN2O. The topological polar surface area (TPSA) is 60.7 Å². The van der Waals surface area contributed by atoms with E-state index >= 15 is 0 Å². The smallest absolute Gasteiger partial charge is 0.169 e. The van der Waals surface area contributed by atoms with Gasteiger partial charge < -0.3 is 4.42 Å². The molecule has 1 aromatic rings. The quantitative estimate of drug-likeness (QED) is 0.606. The molecule has 0 N–H and O–H groups in total. The van der Waals surface area contributed by atoms with Crippen LogP contribution in [0.4, 0.5) is 0 Å². The predicted molar refractivity (Wildman–Crippen MR) is 59.4 cm³/mol. The van der Waals surface area contributed by atoms with Gasteiger partial charge >= 0.3 is 0 Å². The van der Waals surface area contributed by atoms with Gasteiger partial charge in [-0.2, -0.15) is 10.5 Å². The maximum absolute atomic E-state index is 8.55. The van der Waals surface area contributed by atoms with E-state index in [-0.39, 0.29) is 5.57 Å². The van der Waals surface area contributed by atoms with E-state index in [1.165, 1.54) is 6.08 Å². The first-order chi connectivity index (χ1) is 7.15. The van der Waals surface area contributed by atoms with Gasteiger partial charge in [0.1, 0.15) is 23.5 Å². The Kier molecular flexibility index (Phi) is 3.91. The van der Waals surface area contributed by atoms with E-state index in [4.69, 9.17) is 14.9 Å². The van der Waals surface area contributed by atoms with E-state index in [2.05, 4.69) is 15.9 Å². The molecule has 1 heterocycles. The second-order valence-corrected chi connectivity index (χ2v) is 3.59. The van der Waals surface area contributed by atoms with Crippen LogP contribution in [0.2, 0.25) is 0 Å². The van der Waals surface area contributed by atoms with Crippen LogP contribution in [-0.2, 0) is 0 Å². The molecule has 0 aliphatic rings. The lowest BCUT2D eigenvalue weighted by atomic mass is 10.2. The highest BCUT2D eigenvalue weighted by Gasteiger charge is 1.97. The summed E-state index contributed by atoms with van der Waals surface area (Å²) < 4.78 is 5.89. The van der Waals surface area contributed by atoms with Gasteiger partial charge in [-0.1, -0.05) is 0 Å². The number of nitrogens with zero attached hydrogens (tertiary/aromatic N) is 2. The number of hydrogen-bond acceptors (Lipinski definition) is 3. The second kappa shape index (κ2) is 5.19. The molecule has 0 atom stereocenters. The van der Waals surface area contributed by atoms with Gasteiger partial charge in [0.25, 0.3) is 0 Å². The van der Waals surface area contributed by atoms with Crippen molar-refractivity contribution in [2.45, 2.75) is 6.92 Å². The van der Waals surface area contributed by atoms with Gasteiger partial charge in [0, 0.05) is 0 Å². The lowest BCUT2D eigenvalue weighted by Crippen LogP contribution is -1.75. The fraction of sp³-hybridized carbons (Fsp3) is 0.0909. The minimum atomic E-state index is 0.0781. The van der Waals surface area contributed by atoms with Gasteiger partial charge in [-0.05, 0) is 52.7 Å². The largest absolute Gasteiger partial charge is 0.450 e. The fourth-order valence-corrected chi connectivity index (χ4v) is 1.31. The van der Waals surface area contributed by atoms with Crippen LogP contribution in [0.1, 0.15) is 12.7 Å². The van der Waals surface area contributed by atoms with Gasteiger partial charge in [0.2, 0.25) is 0 Å². The summed E-state index contributed by atoms with van der Waals surface area (Å²) in [7, 11) is 0. The summed E-state index contributed by atoms with van der Waals surface area (Å²) in [5.41, 5.74) is 0.865. The molecule has 0 saturated heterocycles. The molecule has 0 spiro atoms.